The number of alkyl halides is 3. The number of amides is 2. The van der Waals surface area contributed by atoms with Crippen LogP contribution >= 0.6 is 0 Å². The fourth-order valence-corrected chi connectivity index (χ4v) is 4.80. The topological polar surface area (TPSA) is 86.3 Å². The molecule has 9 heteroatoms. The number of carbonyl (C=O) groups is 1. The van der Waals surface area contributed by atoms with E-state index in [1.807, 2.05) is 6.92 Å². The zero-order chi connectivity index (χ0) is 22.2. The van der Waals surface area contributed by atoms with Crippen LogP contribution in [0.4, 0.5) is 23.7 Å². The van der Waals surface area contributed by atoms with Gasteiger partial charge in [-0.2, -0.15) is 13.2 Å². The summed E-state index contributed by atoms with van der Waals surface area (Å²) in [5.41, 5.74) is -0.359. The lowest BCUT2D eigenvalue weighted by atomic mass is 9.62. The Morgan fingerprint density at radius 2 is 2.00 bits per heavy atom. The van der Waals surface area contributed by atoms with E-state index in [9.17, 15) is 22.8 Å². The normalized spacial score (nSPS) is 23.6. The molecule has 6 nitrogen and oxygen atoms in total. The summed E-state index contributed by atoms with van der Waals surface area (Å²) in [6.07, 6.45) is -0.567. The number of urea groups is 1. The quantitative estimate of drug-likeness (QED) is 0.466. The standard InChI is InChI=1S/C21H25F3N4O2/c1-19(2)8-15(9-20(3,10-19)11-25-12-29)27-18(30)26-14-4-5-16-13(6-14)7-17(28-16)21(22,23)24/h4-7,15,28H,8-11H2,1-3H3,(H2,26,27,30). The number of nitrogens with zero attached hydrogens (tertiary/aromatic N) is 1. The van der Waals surface area contributed by atoms with Crippen LogP contribution in [0.2, 0.25) is 0 Å². The minimum absolute atomic E-state index is 0.0403. The summed E-state index contributed by atoms with van der Waals surface area (Å²) < 4.78 is 38.6. The molecule has 0 bridgehead atoms. The number of hydrogen-bond donors (Lipinski definition) is 3. The summed E-state index contributed by atoms with van der Waals surface area (Å²) in [5.74, 6) is 0. The summed E-state index contributed by atoms with van der Waals surface area (Å²) >= 11 is 0. The van der Waals surface area contributed by atoms with Crippen LogP contribution in [0.25, 0.3) is 10.9 Å². The van der Waals surface area contributed by atoms with Crippen LogP contribution in [0.1, 0.15) is 45.7 Å². The van der Waals surface area contributed by atoms with Gasteiger partial charge in [0.1, 0.15) is 5.69 Å². The molecule has 2 amide bonds. The molecule has 0 saturated heterocycles. The lowest BCUT2D eigenvalue weighted by molar-refractivity contribution is -0.140. The van der Waals surface area contributed by atoms with Crippen LogP contribution in [-0.4, -0.2) is 29.7 Å². The summed E-state index contributed by atoms with van der Waals surface area (Å²) in [5, 5.41) is 6.01. The molecule has 1 aromatic heterocycles. The van der Waals surface area contributed by atoms with Gasteiger partial charge < -0.3 is 15.6 Å². The second kappa shape index (κ2) is 7.80. The number of H-pyrrole nitrogens is 1. The third kappa shape index (κ3) is 5.21. The highest BCUT2D eigenvalue weighted by molar-refractivity contribution is 5.93. The molecule has 162 valence electrons. The molecule has 1 aromatic carbocycles. The fourth-order valence-electron chi connectivity index (χ4n) is 4.80. The van der Waals surface area contributed by atoms with Gasteiger partial charge in [0.05, 0.1) is 6.54 Å². The van der Waals surface area contributed by atoms with Gasteiger partial charge in [-0.1, -0.05) is 20.8 Å². The fraction of sp³-hybridized carbons (Fsp3) is 0.524. The summed E-state index contributed by atoms with van der Waals surface area (Å²) in [4.78, 5) is 29.1. The van der Waals surface area contributed by atoms with Gasteiger partial charge in [0.2, 0.25) is 6.08 Å². The van der Waals surface area contributed by atoms with Crippen LogP contribution in [0.3, 0.4) is 0 Å². The van der Waals surface area contributed by atoms with Crippen LogP contribution in [-0.2, 0) is 11.0 Å². The Hall–Kier alpha value is -2.80. The Morgan fingerprint density at radius 1 is 1.27 bits per heavy atom. The first-order valence-corrected chi connectivity index (χ1v) is 9.70. The molecule has 1 fully saturated rings. The first kappa shape index (κ1) is 21.9. The van der Waals surface area contributed by atoms with E-state index in [1.165, 1.54) is 12.1 Å². The van der Waals surface area contributed by atoms with E-state index >= 15 is 0 Å². The first-order chi connectivity index (χ1) is 13.9. The highest BCUT2D eigenvalue weighted by Gasteiger charge is 2.41. The zero-order valence-electron chi connectivity index (χ0n) is 17.1. The van der Waals surface area contributed by atoms with Gasteiger partial charge in [-0.15, -0.1) is 0 Å². The van der Waals surface area contributed by atoms with E-state index in [4.69, 9.17) is 0 Å². The van der Waals surface area contributed by atoms with Crippen molar-refractivity contribution >= 4 is 28.7 Å². The number of isocyanates is 1. The molecule has 0 aliphatic heterocycles. The smallest absolute Gasteiger partial charge is 0.351 e. The molecule has 3 N–H and O–H groups in total. The van der Waals surface area contributed by atoms with Crippen molar-refractivity contribution in [3.63, 3.8) is 0 Å². The molecule has 0 radical (unpaired) electrons. The molecule has 1 aliphatic rings. The van der Waals surface area contributed by atoms with E-state index in [1.54, 1.807) is 12.1 Å². The number of hydrogen-bond acceptors (Lipinski definition) is 3. The maximum Gasteiger partial charge on any atom is 0.431 e. The van der Waals surface area contributed by atoms with E-state index in [-0.39, 0.29) is 16.9 Å². The Kier molecular flexibility index (Phi) is 5.69. The molecule has 1 aliphatic carbocycles. The number of halogens is 3. The lowest BCUT2D eigenvalue weighted by Crippen LogP contribution is -2.48. The number of fused-ring (bicyclic) bond motifs is 1. The van der Waals surface area contributed by atoms with Gasteiger partial charge in [0, 0.05) is 22.6 Å². The number of rotatable bonds is 4. The van der Waals surface area contributed by atoms with Crippen LogP contribution in [0.5, 0.6) is 0 Å². The molecule has 2 unspecified atom stereocenters. The number of nitrogens with one attached hydrogen (secondary N) is 3. The van der Waals surface area contributed by atoms with Crippen LogP contribution in [0, 0.1) is 10.8 Å². The predicted octanol–water partition coefficient (Wildman–Crippen LogP) is 5.23. The van der Waals surface area contributed by atoms with Crippen LogP contribution in [0.15, 0.2) is 29.3 Å². The lowest BCUT2D eigenvalue weighted by Gasteiger charge is -2.46. The molecule has 2 atom stereocenters. The number of anilines is 1. The highest BCUT2D eigenvalue weighted by atomic mass is 19.4. The maximum atomic E-state index is 12.9. The van der Waals surface area contributed by atoms with Crippen molar-refractivity contribution in [2.24, 2.45) is 15.8 Å². The molecule has 30 heavy (non-hydrogen) atoms. The Morgan fingerprint density at radius 3 is 2.67 bits per heavy atom. The Balaban J connectivity index is 1.69. The van der Waals surface area contributed by atoms with Gasteiger partial charge in [-0.3, -0.25) is 0 Å². The molecule has 1 heterocycles. The molecular weight excluding hydrogens is 397 g/mol. The van der Waals surface area contributed by atoms with E-state index in [0.29, 0.717) is 29.6 Å². The van der Waals surface area contributed by atoms with Crippen molar-refractivity contribution in [2.75, 3.05) is 11.9 Å². The van der Waals surface area contributed by atoms with Gasteiger partial charge in [0.15, 0.2) is 0 Å². The van der Waals surface area contributed by atoms with Gasteiger partial charge in [-0.25, -0.2) is 14.6 Å². The average Bonchev–Trinajstić information content (AvgIpc) is 3.02. The summed E-state index contributed by atoms with van der Waals surface area (Å²) in [6, 6.07) is 5.01. The van der Waals surface area contributed by atoms with Gasteiger partial charge in [-0.05, 0) is 54.4 Å². The Bertz CT molecular complexity index is 992. The highest BCUT2D eigenvalue weighted by Crippen LogP contribution is 2.46. The second-order valence-electron chi connectivity index (χ2n) is 9.25. The molecule has 2 aromatic rings. The number of aliphatic imine (C=N–C) groups is 1. The van der Waals surface area contributed by atoms with Gasteiger partial charge >= 0.3 is 12.2 Å². The predicted molar refractivity (Wildman–Crippen MR) is 108 cm³/mol. The molecule has 0 spiro atoms. The second-order valence-corrected chi connectivity index (χ2v) is 9.25. The molecular formula is C21H25F3N4O2. The minimum Gasteiger partial charge on any atom is -0.351 e. The monoisotopic (exact) mass is 422 g/mol. The number of aromatic nitrogens is 1. The van der Waals surface area contributed by atoms with Crippen molar-refractivity contribution in [3.8, 4) is 0 Å². The number of benzene rings is 1. The Labute approximate surface area is 172 Å². The molecule has 1 saturated carbocycles. The summed E-state index contributed by atoms with van der Waals surface area (Å²) in [6.45, 7) is 6.62. The molecule has 3 rings (SSSR count). The maximum absolute atomic E-state index is 12.9. The largest absolute Gasteiger partial charge is 0.431 e. The van der Waals surface area contributed by atoms with E-state index < -0.39 is 17.9 Å². The number of aromatic amines is 1. The van der Waals surface area contributed by atoms with Crippen molar-refractivity contribution in [3.05, 3.63) is 30.0 Å². The first-order valence-electron chi connectivity index (χ1n) is 9.70. The van der Waals surface area contributed by atoms with Crippen molar-refractivity contribution in [2.45, 2.75) is 52.3 Å². The van der Waals surface area contributed by atoms with E-state index in [2.05, 4.69) is 34.5 Å². The summed E-state index contributed by atoms with van der Waals surface area (Å²) in [7, 11) is 0. The third-order valence-electron chi connectivity index (χ3n) is 5.49. The minimum atomic E-state index is -4.46. The SMILES string of the molecule is CC1(C)CC(NC(=O)Nc2ccc3[nH]c(C(F)(F)F)cc3c2)CC(C)(CN=C=O)C1. The third-order valence-corrected chi connectivity index (χ3v) is 5.49. The van der Waals surface area contributed by atoms with Crippen molar-refractivity contribution < 1.29 is 22.8 Å². The van der Waals surface area contributed by atoms with Crippen LogP contribution < -0.4 is 10.6 Å². The van der Waals surface area contributed by atoms with Crippen molar-refractivity contribution in [1.82, 2.24) is 10.3 Å². The zero-order valence-corrected chi connectivity index (χ0v) is 17.1. The van der Waals surface area contributed by atoms with Crippen molar-refractivity contribution in [1.29, 1.82) is 0 Å². The average molecular weight is 422 g/mol. The van der Waals surface area contributed by atoms with E-state index in [0.717, 1.165) is 18.9 Å². The van der Waals surface area contributed by atoms with Gasteiger partial charge in [0.25, 0.3) is 0 Å². The number of carbonyl (C=O) groups excluding carboxylic acids is 2.